The molecule has 0 bridgehead atoms. The molecular formula is C13H25NO2. The van der Waals surface area contributed by atoms with E-state index in [2.05, 4.69) is 0 Å². The van der Waals surface area contributed by atoms with Gasteiger partial charge in [0.05, 0.1) is 11.6 Å². The molecule has 0 aliphatic carbocycles. The normalized spacial score (nSPS) is 21.7. The van der Waals surface area contributed by atoms with Gasteiger partial charge < -0.3 is 4.74 Å². The van der Waals surface area contributed by atoms with Gasteiger partial charge in [0.1, 0.15) is 0 Å². The molecule has 0 aromatic heterocycles. The van der Waals surface area contributed by atoms with E-state index in [9.17, 15) is 4.79 Å². The van der Waals surface area contributed by atoms with E-state index < -0.39 is 0 Å². The molecule has 3 heteroatoms. The Balaban J connectivity index is 2.24. The van der Waals surface area contributed by atoms with Crippen LogP contribution in [-0.4, -0.2) is 43.0 Å². The Morgan fingerprint density at radius 3 is 2.62 bits per heavy atom. The van der Waals surface area contributed by atoms with Crippen molar-refractivity contribution in [1.29, 1.82) is 0 Å². The largest absolute Gasteiger partial charge is 0.378 e. The molecule has 1 unspecified atom stereocenters. The van der Waals surface area contributed by atoms with Crippen LogP contribution in [-0.2, 0) is 9.53 Å². The number of ether oxygens (including phenoxy) is 1. The quantitative estimate of drug-likeness (QED) is 0.697. The average Bonchev–Trinajstić information content (AvgIpc) is 2.70. The third-order valence-corrected chi connectivity index (χ3v) is 3.75. The SMILES string of the molecule is CN(C)C(C)(C)C(=O)CCCC1CCCO1. The molecule has 1 fully saturated rings. The van der Waals surface area contributed by atoms with E-state index in [1.807, 2.05) is 32.8 Å². The highest BCUT2D eigenvalue weighted by Crippen LogP contribution is 2.20. The molecule has 1 atom stereocenters. The van der Waals surface area contributed by atoms with Gasteiger partial charge in [-0.3, -0.25) is 9.69 Å². The van der Waals surface area contributed by atoms with Gasteiger partial charge in [0.2, 0.25) is 0 Å². The van der Waals surface area contributed by atoms with Crippen LogP contribution in [0.3, 0.4) is 0 Å². The third kappa shape index (κ3) is 3.56. The average molecular weight is 227 g/mol. The zero-order chi connectivity index (χ0) is 12.2. The summed E-state index contributed by atoms with van der Waals surface area (Å²) in [5.74, 6) is 0.329. The van der Waals surface area contributed by atoms with Crippen LogP contribution >= 0.6 is 0 Å². The van der Waals surface area contributed by atoms with E-state index >= 15 is 0 Å². The van der Waals surface area contributed by atoms with E-state index in [4.69, 9.17) is 4.74 Å². The Labute approximate surface area is 99.1 Å². The Morgan fingerprint density at radius 1 is 1.44 bits per heavy atom. The highest BCUT2D eigenvalue weighted by atomic mass is 16.5. The number of Topliss-reactive ketones (excluding diaryl/α,β-unsaturated/α-hetero) is 1. The van der Waals surface area contributed by atoms with Crippen LogP contribution in [0.4, 0.5) is 0 Å². The second kappa shape index (κ2) is 5.78. The first kappa shape index (κ1) is 13.7. The van der Waals surface area contributed by atoms with Crippen LogP contribution in [0.5, 0.6) is 0 Å². The lowest BCUT2D eigenvalue weighted by Crippen LogP contribution is -2.45. The van der Waals surface area contributed by atoms with Crippen LogP contribution in [0, 0.1) is 0 Å². The standard InChI is InChI=1S/C13H25NO2/c1-13(2,14(3)4)12(15)9-5-7-11-8-6-10-16-11/h11H,5-10H2,1-4H3. The lowest BCUT2D eigenvalue weighted by Gasteiger charge is -2.31. The van der Waals surface area contributed by atoms with Crippen molar-refractivity contribution in [2.75, 3.05) is 20.7 Å². The third-order valence-electron chi connectivity index (χ3n) is 3.75. The minimum atomic E-state index is -0.337. The van der Waals surface area contributed by atoms with Gasteiger partial charge in [-0.15, -0.1) is 0 Å². The van der Waals surface area contributed by atoms with Gasteiger partial charge in [-0.25, -0.2) is 0 Å². The van der Waals surface area contributed by atoms with E-state index in [1.165, 1.54) is 12.8 Å². The van der Waals surface area contributed by atoms with Crippen LogP contribution < -0.4 is 0 Å². The highest BCUT2D eigenvalue weighted by Gasteiger charge is 2.29. The van der Waals surface area contributed by atoms with Gasteiger partial charge in [0.25, 0.3) is 0 Å². The summed E-state index contributed by atoms with van der Waals surface area (Å²) >= 11 is 0. The molecule has 0 amide bonds. The van der Waals surface area contributed by atoms with Gasteiger partial charge in [-0.1, -0.05) is 0 Å². The second-order valence-corrected chi connectivity index (χ2v) is 5.40. The van der Waals surface area contributed by atoms with Gasteiger partial charge in [0.15, 0.2) is 5.78 Å². The van der Waals surface area contributed by atoms with Crippen LogP contribution in [0.1, 0.15) is 46.0 Å². The Kier molecular flexibility index (Phi) is 4.93. The number of hydrogen-bond donors (Lipinski definition) is 0. The fourth-order valence-electron chi connectivity index (χ4n) is 1.92. The van der Waals surface area contributed by atoms with Crippen molar-refractivity contribution < 1.29 is 9.53 Å². The van der Waals surface area contributed by atoms with Crippen molar-refractivity contribution >= 4 is 5.78 Å². The number of rotatable bonds is 6. The van der Waals surface area contributed by atoms with E-state index in [0.29, 0.717) is 18.3 Å². The summed E-state index contributed by atoms with van der Waals surface area (Å²) in [7, 11) is 3.91. The molecule has 0 N–H and O–H groups in total. The molecule has 0 saturated carbocycles. The first-order valence-electron chi connectivity index (χ1n) is 6.27. The summed E-state index contributed by atoms with van der Waals surface area (Å²) in [4.78, 5) is 14.0. The summed E-state index contributed by atoms with van der Waals surface area (Å²) < 4.78 is 5.55. The molecule has 3 nitrogen and oxygen atoms in total. The van der Waals surface area contributed by atoms with Crippen molar-refractivity contribution in [1.82, 2.24) is 4.90 Å². The molecular weight excluding hydrogens is 202 g/mol. The summed E-state index contributed by atoms with van der Waals surface area (Å²) in [6.07, 6.45) is 5.43. The zero-order valence-corrected chi connectivity index (χ0v) is 11.1. The Morgan fingerprint density at radius 2 is 2.12 bits per heavy atom. The lowest BCUT2D eigenvalue weighted by molar-refractivity contribution is -0.128. The molecule has 1 rings (SSSR count). The lowest BCUT2D eigenvalue weighted by atomic mass is 9.93. The molecule has 1 aliphatic rings. The number of carbonyl (C=O) groups excluding carboxylic acids is 1. The van der Waals surface area contributed by atoms with Gasteiger partial charge in [-0.2, -0.15) is 0 Å². The second-order valence-electron chi connectivity index (χ2n) is 5.40. The van der Waals surface area contributed by atoms with Crippen molar-refractivity contribution in [3.63, 3.8) is 0 Å². The van der Waals surface area contributed by atoms with Gasteiger partial charge >= 0.3 is 0 Å². The summed E-state index contributed by atoms with van der Waals surface area (Å²) in [5.41, 5.74) is -0.337. The van der Waals surface area contributed by atoms with Crippen LogP contribution in [0.15, 0.2) is 0 Å². The predicted molar refractivity (Wildman–Crippen MR) is 65.6 cm³/mol. The molecule has 1 saturated heterocycles. The smallest absolute Gasteiger partial charge is 0.152 e. The van der Waals surface area contributed by atoms with E-state index in [-0.39, 0.29) is 5.54 Å². The fourth-order valence-corrected chi connectivity index (χ4v) is 1.92. The minimum Gasteiger partial charge on any atom is -0.378 e. The number of hydrogen-bond acceptors (Lipinski definition) is 3. The van der Waals surface area contributed by atoms with Gasteiger partial charge in [0, 0.05) is 13.0 Å². The van der Waals surface area contributed by atoms with Crippen LogP contribution in [0.2, 0.25) is 0 Å². The van der Waals surface area contributed by atoms with Crippen molar-refractivity contribution in [3.05, 3.63) is 0 Å². The highest BCUT2D eigenvalue weighted by molar-refractivity contribution is 5.87. The number of nitrogens with zero attached hydrogens (tertiary/aromatic N) is 1. The summed E-state index contributed by atoms with van der Waals surface area (Å²) in [6.45, 7) is 4.88. The van der Waals surface area contributed by atoms with E-state index in [1.54, 1.807) is 0 Å². The summed E-state index contributed by atoms with van der Waals surface area (Å²) in [5, 5.41) is 0. The molecule has 1 heterocycles. The van der Waals surface area contributed by atoms with Crippen molar-refractivity contribution in [2.24, 2.45) is 0 Å². The first-order chi connectivity index (χ1) is 7.44. The number of likely N-dealkylation sites (N-methyl/N-ethyl adjacent to an activating group) is 1. The molecule has 0 radical (unpaired) electrons. The summed E-state index contributed by atoms with van der Waals surface area (Å²) in [6, 6.07) is 0. The topological polar surface area (TPSA) is 29.5 Å². The van der Waals surface area contributed by atoms with Crippen LogP contribution in [0.25, 0.3) is 0 Å². The van der Waals surface area contributed by atoms with Crippen molar-refractivity contribution in [3.8, 4) is 0 Å². The molecule has 16 heavy (non-hydrogen) atoms. The predicted octanol–water partition coefficient (Wildman–Crippen LogP) is 2.25. The molecule has 1 aliphatic heterocycles. The molecule has 0 spiro atoms. The first-order valence-corrected chi connectivity index (χ1v) is 6.27. The van der Waals surface area contributed by atoms with Crippen molar-refractivity contribution in [2.45, 2.75) is 57.6 Å². The molecule has 94 valence electrons. The zero-order valence-electron chi connectivity index (χ0n) is 11.1. The monoisotopic (exact) mass is 227 g/mol. The number of ketones is 1. The maximum Gasteiger partial charge on any atom is 0.152 e. The Bertz CT molecular complexity index is 230. The number of carbonyl (C=O) groups is 1. The van der Waals surface area contributed by atoms with E-state index in [0.717, 1.165) is 19.4 Å². The fraction of sp³-hybridized carbons (Fsp3) is 0.923. The van der Waals surface area contributed by atoms with Gasteiger partial charge in [-0.05, 0) is 53.6 Å². The molecule has 0 aromatic rings. The maximum atomic E-state index is 12.0. The maximum absolute atomic E-state index is 12.0. The molecule has 0 aromatic carbocycles. The Hall–Kier alpha value is -0.410. The minimum absolute atomic E-state index is 0.329.